The summed E-state index contributed by atoms with van der Waals surface area (Å²) in [6.45, 7) is 0.831. The van der Waals surface area contributed by atoms with Crippen LogP contribution < -0.4 is 10.2 Å². The minimum atomic E-state index is -0.212. The molecule has 1 heterocycles. The van der Waals surface area contributed by atoms with Crippen LogP contribution in [0.3, 0.4) is 0 Å². The van der Waals surface area contributed by atoms with E-state index in [9.17, 15) is 9.90 Å². The number of rotatable bonds is 7. The van der Waals surface area contributed by atoms with Gasteiger partial charge in [-0.05, 0) is 17.5 Å². The van der Waals surface area contributed by atoms with E-state index in [-0.39, 0.29) is 12.0 Å². The molecule has 0 fully saturated rings. The number of pyridine rings is 1. The molecule has 1 aromatic heterocycles. The molecule has 0 saturated heterocycles. The monoisotopic (exact) mass is 335 g/mol. The highest BCUT2D eigenvalue weighted by Crippen LogP contribution is 2.12. The first kappa shape index (κ1) is 17.0. The van der Waals surface area contributed by atoms with Gasteiger partial charge in [0.05, 0.1) is 12.8 Å². The quantitative estimate of drug-likeness (QED) is 0.721. The van der Waals surface area contributed by atoms with Crippen molar-refractivity contribution in [2.75, 3.05) is 0 Å². The van der Waals surface area contributed by atoms with Gasteiger partial charge in [0.2, 0.25) is 5.43 Å². The fraction of sp³-hybridized carbons (Fsp3) is 0.190. The van der Waals surface area contributed by atoms with Crippen LogP contribution in [0.5, 0.6) is 5.75 Å². The van der Waals surface area contributed by atoms with Crippen molar-refractivity contribution in [3.8, 4) is 5.75 Å². The van der Waals surface area contributed by atoms with Gasteiger partial charge in [0.25, 0.3) is 0 Å². The van der Waals surface area contributed by atoms with Crippen LogP contribution in [0.2, 0.25) is 0 Å². The Bertz CT molecular complexity index is 857. The van der Waals surface area contributed by atoms with Gasteiger partial charge in [-0.15, -0.1) is 0 Å². The molecule has 1 N–H and O–H groups in total. The second-order valence-electron chi connectivity index (χ2n) is 5.85. The Morgan fingerprint density at radius 3 is 2.20 bits per heavy atom. The third kappa shape index (κ3) is 4.58. The second kappa shape index (κ2) is 8.31. The molecular weight excluding hydrogens is 314 g/mol. The number of aliphatic hydroxyl groups is 1. The molecule has 0 amide bonds. The fourth-order valence-electron chi connectivity index (χ4n) is 2.68. The number of nitrogens with zero attached hydrogens (tertiary/aromatic N) is 1. The Morgan fingerprint density at radius 2 is 1.56 bits per heavy atom. The van der Waals surface area contributed by atoms with Crippen LogP contribution in [0.1, 0.15) is 16.8 Å². The van der Waals surface area contributed by atoms with Crippen molar-refractivity contribution in [3.05, 3.63) is 100.0 Å². The van der Waals surface area contributed by atoms with E-state index in [1.165, 1.54) is 11.6 Å². The maximum absolute atomic E-state index is 12.2. The number of ether oxygens (including phenoxy) is 1. The molecule has 0 saturated carbocycles. The van der Waals surface area contributed by atoms with E-state index in [2.05, 4.69) is 12.1 Å². The van der Waals surface area contributed by atoms with Gasteiger partial charge in [0.15, 0.2) is 5.75 Å². The summed E-state index contributed by atoms with van der Waals surface area (Å²) in [4.78, 5) is 12.2. The lowest BCUT2D eigenvalue weighted by molar-refractivity contribution is 0.265. The van der Waals surface area contributed by atoms with Crippen molar-refractivity contribution in [3.63, 3.8) is 0 Å². The Labute approximate surface area is 147 Å². The molecule has 0 radical (unpaired) electrons. The lowest BCUT2D eigenvalue weighted by Crippen LogP contribution is -2.16. The van der Waals surface area contributed by atoms with Crippen LogP contribution in [-0.4, -0.2) is 9.67 Å². The van der Waals surface area contributed by atoms with Gasteiger partial charge in [0, 0.05) is 18.3 Å². The van der Waals surface area contributed by atoms with Gasteiger partial charge in [-0.2, -0.15) is 0 Å². The van der Waals surface area contributed by atoms with Gasteiger partial charge in [0.1, 0.15) is 6.61 Å². The highest BCUT2D eigenvalue weighted by Gasteiger charge is 2.08. The number of aliphatic hydroxyl groups excluding tert-OH is 1. The van der Waals surface area contributed by atoms with E-state index in [4.69, 9.17) is 4.74 Å². The summed E-state index contributed by atoms with van der Waals surface area (Å²) in [5.74, 6) is 0.300. The Hall–Kier alpha value is -2.85. The molecule has 25 heavy (non-hydrogen) atoms. The summed E-state index contributed by atoms with van der Waals surface area (Å²) in [5.41, 5.74) is 2.59. The number of benzene rings is 2. The van der Waals surface area contributed by atoms with Crippen LogP contribution in [0.25, 0.3) is 0 Å². The molecule has 2 aromatic carbocycles. The first-order valence-electron chi connectivity index (χ1n) is 8.31. The van der Waals surface area contributed by atoms with Gasteiger partial charge in [-0.1, -0.05) is 60.7 Å². The maximum atomic E-state index is 12.2. The van der Waals surface area contributed by atoms with Crippen molar-refractivity contribution in [1.82, 2.24) is 4.57 Å². The zero-order chi connectivity index (χ0) is 17.5. The van der Waals surface area contributed by atoms with E-state index in [1.54, 1.807) is 6.20 Å². The molecule has 4 nitrogen and oxygen atoms in total. The molecule has 0 bridgehead atoms. The standard InChI is InChI=1S/C21H21NO3/c23-15-19-13-20(24)21(25-16-18-9-5-2-6-10-18)14-22(19)12-11-17-7-3-1-4-8-17/h1-10,13-14,23H,11-12,15-16H2. The largest absolute Gasteiger partial charge is 0.483 e. The first-order valence-corrected chi connectivity index (χ1v) is 8.31. The van der Waals surface area contributed by atoms with Gasteiger partial charge in [-0.3, -0.25) is 4.79 Å². The minimum Gasteiger partial charge on any atom is -0.483 e. The molecular formula is C21H21NO3. The normalized spacial score (nSPS) is 10.6. The zero-order valence-corrected chi connectivity index (χ0v) is 14.0. The van der Waals surface area contributed by atoms with Gasteiger partial charge in [-0.25, -0.2) is 0 Å². The minimum absolute atomic E-state index is 0.178. The molecule has 0 aliphatic heterocycles. The Balaban J connectivity index is 1.76. The summed E-state index contributed by atoms with van der Waals surface area (Å²) in [6.07, 6.45) is 2.51. The van der Waals surface area contributed by atoms with Crippen LogP contribution in [0, 0.1) is 0 Å². The summed E-state index contributed by atoms with van der Waals surface area (Å²) in [5, 5.41) is 9.54. The lowest BCUT2D eigenvalue weighted by Gasteiger charge is -2.14. The van der Waals surface area contributed by atoms with Crippen LogP contribution >= 0.6 is 0 Å². The predicted octanol–water partition coefficient (Wildman–Crippen LogP) is 3.16. The highest BCUT2D eigenvalue weighted by molar-refractivity contribution is 5.23. The number of aryl methyl sites for hydroxylation is 2. The first-order chi connectivity index (χ1) is 12.3. The average Bonchev–Trinajstić information content (AvgIpc) is 2.67. The summed E-state index contributed by atoms with van der Waals surface area (Å²) >= 11 is 0. The molecule has 4 heteroatoms. The van der Waals surface area contributed by atoms with E-state index >= 15 is 0 Å². The summed E-state index contributed by atoms with van der Waals surface area (Å²) in [6, 6.07) is 21.3. The van der Waals surface area contributed by atoms with Gasteiger partial charge >= 0.3 is 0 Å². The van der Waals surface area contributed by atoms with E-state index in [0.717, 1.165) is 12.0 Å². The van der Waals surface area contributed by atoms with E-state index < -0.39 is 0 Å². The second-order valence-corrected chi connectivity index (χ2v) is 5.85. The lowest BCUT2D eigenvalue weighted by atomic mass is 10.1. The van der Waals surface area contributed by atoms with Crippen molar-refractivity contribution < 1.29 is 9.84 Å². The number of hydrogen-bond acceptors (Lipinski definition) is 3. The van der Waals surface area contributed by atoms with Crippen molar-refractivity contribution in [2.24, 2.45) is 0 Å². The SMILES string of the molecule is O=c1cc(CO)n(CCc2ccccc2)cc1OCc1ccccc1. The predicted molar refractivity (Wildman–Crippen MR) is 97.5 cm³/mol. The fourth-order valence-corrected chi connectivity index (χ4v) is 2.68. The molecule has 0 unspecified atom stereocenters. The van der Waals surface area contributed by atoms with Crippen LogP contribution in [0.4, 0.5) is 0 Å². The van der Waals surface area contributed by atoms with Crippen molar-refractivity contribution in [2.45, 2.75) is 26.2 Å². The third-order valence-electron chi connectivity index (χ3n) is 4.07. The molecule has 0 aliphatic carbocycles. The smallest absolute Gasteiger partial charge is 0.223 e. The molecule has 3 aromatic rings. The van der Waals surface area contributed by atoms with Crippen molar-refractivity contribution >= 4 is 0 Å². The molecule has 128 valence electrons. The number of hydrogen-bond donors (Lipinski definition) is 1. The zero-order valence-electron chi connectivity index (χ0n) is 14.0. The molecule has 3 rings (SSSR count). The highest BCUT2D eigenvalue weighted by atomic mass is 16.5. The van der Waals surface area contributed by atoms with E-state index in [0.29, 0.717) is 24.6 Å². The Kier molecular flexibility index (Phi) is 5.65. The van der Waals surface area contributed by atoms with Crippen LogP contribution in [-0.2, 0) is 26.2 Å². The summed E-state index contributed by atoms with van der Waals surface area (Å²) in [7, 11) is 0. The molecule has 0 spiro atoms. The third-order valence-corrected chi connectivity index (χ3v) is 4.07. The van der Waals surface area contributed by atoms with Crippen LogP contribution in [0.15, 0.2) is 77.7 Å². The van der Waals surface area contributed by atoms with E-state index in [1.807, 2.05) is 53.1 Å². The van der Waals surface area contributed by atoms with Gasteiger partial charge < -0.3 is 14.4 Å². The number of aromatic nitrogens is 1. The molecule has 0 atom stereocenters. The topological polar surface area (TPSA) is 51.5 Å². The average molecular weight is 335 g/mol. The maximum Gasteiger partial charge on any atom is 0.223 e. The summed E-state index contributed by atoms with van der Waals surface area (Å²) < 4.78 is 7.58. The Morgan fingerprint density at radius 1 is 0.920 bits per heavy atom. The molecule has 0 aliphatic rings. The van der Waals surface area contributed by atoms with Crippen molar-refractivity contribution in [1.29, 1.82) is 0 Å².